The third-order valence-corrected chi connectivity index (χ3v) is 6.16. The van der Waals surface area contributed by atoms with Gasteiger partial charge in [-0.3, -0.25) is 9.79 Å². The van der Waals surface area contributed by atoms with Crippen molar-refractivity contribution in [1.82, 2.24) is 4.98 Å². The van der Waals surface area contributed by atoms with Gasteiger partial charge in [-0.15, -0.1) is 0 Å². The number of nitrogens with zero attached hydrogens (tertiary/aromatic N) is 1. The number of nitrogens with one attached hydrogen (secondary N) is 1. The Kier molecular flexibility index (Phi) is 7.28. The van der Waals surface area contributed by atoms with Crippen LogP contribution in [0.15, 0.2) is 64.9 Å². The normalized spacial score (nSPS) is 17.0. The summed E-state index contributed by atoms with van der Waals surface area (Å²) in [6.45, 7) is 5.19. The van der Waals surface area contributed by atoms with Crippen molar-refractivity contribution in [2.24, 2.45) is 4.99 Å². The monoisotopic (exact) mass is 444 g/mol. The highest BCUT2D eigenvalue weighted by Crippen LogP contribution is 2.28. The molecule has 5 nitrogen and oxygen atoms in total. The minimum Gasteiger partial charge on any atom is -0.511 e. The number of ketones is 1. The van der Waals surface area contributed by atoms with Gasteiger partial charge in [0.05, 0.1) is 5.57 Å². The Morgan fingerprint density at radius 1 is 1.15 bits per heavy atom. The molecule has 0 unspecified atom stereocenters. The van der Waals surface area contributed by atoms with E-state index in [2.05, 4.69) is 36.2 Å². The van der Waals surface area contributed by atoms with E-state index in [1.807, 2.05) is 31.2 Å². The standard InChI is InChI=1S/C28H32N2O3/c1-3-8-26(31)28-25(11-7-12-27(28)32)29-16-15-22-19(2)30-24-14-13-21(17-23(22)24)33-18-20-9-5-4-6-10-20/h4-6,9-10,13-14,17,30-31H,3,7-8,11-12,15-16,18H2,1-2H3. The Labute approximate surface area is 195 Å². The molecule has 0 spiro atoms. The van der Waals surface area contributed by atoms with E-state index < -0.39 is 0 Å². The van der Waals surface area contributed by atoms with Gasteiger partial charge in [-0.2, -0.15) is 0 Å². The first-order valence-electron chi connectivity index (χ1n) is 11.8. The number of carbonyl (C=O) groups is 1. The van der Waals surface area contributed by atoms with Crippen LogP contribution in [0.1, 0.15) is 55.8 Å². The average molecular weight is 445 g/mol. The topological polar surface area (TPSA) is 74.7 Å². The zero-order chi connectivity index (χ0) is 23.2. The van der Waals surface area contributed by atoms with Crippen LogP contribution in [-0.4, -0.2) is 28.1 Å². The van der Waals surface area contributed by atoms with Gasteiger partial charge < -0.3 is 14.8 Å². The van der Waals surface area contributed by atoms with Gasteiger partial charge in [0.2, 0.25) is 0 Å². The number of carbonyl (C=O) groups excluding carboxylic acids is 1. The van der Waals surface area contributed by atoms with E-state index in [-0.39, 0.29) is 11.5 Å². The lowest BCUT2D eigenvalue weighted by Crippen LogP contribution is -2.21. The average Bonchev–Trinajstić information content (AvgIpc) is 3.13. The SMILES string of the molecule is CCCC(O)=C1C(=O)CCCC1=NCCc1c(C)[nH]c2ccc(OCc3ccccc3)cc12. The number of aromatic amines is 1. The second kappa shape index (κ2) is 10.5. The first kappa shape index (κ1) is 22.8. The molecule has 1 heterocycles. The number of hydrogen-bond donors (Lipinski definition) is 2. The van der Waals surface area contributed by atoms with Gasteiger partial charge in [0.25, 0.3) is 0 Å². The van der Waals surface area contributed by atoms with E-state index >= 15 is 0 Å². The lowest BCUT2D eigenvalue weighted by Gasteiger charge is -2.17. The third-order valence-electron chi connectivity index (χ3n) is 6.16. The first-order valence-corrected chi connectivity index (χ1v) is 11.8. The maximum atomic E-state index is 12.4. The third kappa shape index (κ3) is 5.36. The van der Waals surface area contributed by atoms with E-state index in [1.165, 1.54) is 5.56 Å². The van der Waals surface area contributed by atoms with Crippen LogP contribution in [0.25, 0.3) is 10.9 Å². The van der Waals surface area contributed by atoms with Crippen molar-refractivity contribution >= 4 is 22.4 Å². The van der Waals surface area contributed by atoms with Crippen molar-refractivity contribution in [3.63, 3.8) is 0 Å². The molecular weight excluding hydrogens is 412 g/mol. The molecule has 1 aromatic heterocycles. The molecule has 172 valence electrons. The number of ether oxygens (including phenoxy) is 1. The van der Waals surface area contributed by atoms with E-state index in [0.717, 1.165) is 59.3 Å². The Morgan fingerprint density at radius 2 is 1.97 bits per heavy atom. The summed E-state index contributed by atoms with van der Waals surface area (Å²) < 4.78 is 6.03. The summed E-state index contributed by atoms with van der Waals surface area (Å²) in [4.78, 5) is 20.7. The number of aryl methyl sites for hydroxylation is 1. The fourth-order valence-electron chi connectivity index (χ4n) is 4.49. The molecule has 0 amide bonds. The molecule has 1 aliphatic rings. The van der Waals surface area contributed by atoms with Gasteiger partial charge >= 0.3 is 0 Å². The molecule has 0 radical (unpaired) electrons. The summed E-state index contributed by atoms with van der Waals surface area (Å²) in [6.07, 6.45) is 4.13. The van der Waals surface area contributed by atoms with Crippen LogP contribution in [0.5, 0.6) is 5.75 Å². The summed E-state index contributed by atoms with van der Waals surface area (Å²) in [5, 5.41) is 11.5. The maximum absolute atomic E-state index is 12.4. The van der Waals surface area contributed by atoms with Gasteiger partial charge in [0.1, 0.15) is 18.1 Å². The molecule has 0 saturated heterocycles. The molecule has 0 bridgehead atoms. The number of Topliss-reactive ketones (excluding diaryl/α,β-unsaturated/α-hetero) is 1. The van der Waals surface area contributed by atoms with Crippen molar-refractivity contribution in [2.45, 2.75) is 59.0 Å². The highest BCUT2D eigenvalue weighted by atomic mass is 16.5. The molecule has 1 aliphatic carbocycles. The molecule has 4 rings (SSSR count). The molecular formula is C28H32N2O3. The van der Waals surface area contributed by atoms with Gasteiger partial charge in [-0.1, -0.05) is 37.3 Å². The Morgan fingerprint density at radius 3 is 2.76 bits per heavy atom. The van der Waals surface area contributed by atoms with Crippen molar-refractivity contribution < 1.29 is 14.6 Å². The van der Waals surface area contributed by atoms with Crippen LogP contribution in [0.4, 0.5) is 0 Å². The molecule has 3 aromatic rings. The Hall–Kier alpha value is -3.34. The largest absolute Gasteiger partial charge is 0.511 e. The molecule has 2 N–H and O–H groups in total. The quantitative estimate of drug-likeness (QED) is 0.312. The number of aliphatic imine (C=N–C) groups is 1. The predicted molar refractivity (Wildman–Crippen MR) is 133 cm³/mol. The molecule has 0 atom stereocenters. The zero-order valence-electron chi connectivity index (χ0n) is 19.5. The smallest absolute Gasteiger partial charge is 0.168 e. The minimum absolute atomic E-state index is 0.0226. The van der Waals surface area contributed by atoms with E-state index in [1.54, 1.807) is 0 Å². The Balaban J connectivity index is 1.51. The summed E-state index contributed by atoms with van der Waals surface area (Å²) >= 11 is 0. The van der Waals surface area contributed by atoms with Crippen molar-refractivity contribution in [2.75, 3.05) is 6.54 Å². The number of aromatic nitrogens is 1. The minimum atomic E-state index is 0.0226. The van der Waals surface area contributed by atoms with Crippen LogP contribution < -0.4 is 4.74 Å². The number of fused-ring (bicyclic) bond motifs is 1. The number of aliphatic hydroxyl groups excluding tert-OH is 1. The maximum Gasteiger partial charge on any atom is 0.168 e. The number of hydrogen-bond acceptors (Lipinski definition) is 4. The van der Waals surface area contributed by atoms with Gasteiger partial charge in [-0.05, 0) is 61.9 Å². The molecule has 1 fully saturated rings. The molecule has 33 heavy (non-hydrogen) atoms. The van der Waals surface area contributed by atoms with Crippen LogP contribution >= 0.6 is 0 Å². The molecule has 1 saturated carbocycles. The summed E-state index contributed by atoms with van der Waals surface area (Å²) in [7, 11) is 0. The van der Waals surface area contributed by atoms with E-state index in [4.69, 9.17) is 9.73 Å². The molecule has 5 heteroatoms. The highest BCUT2D eigenvalue weighted by Gasteiger charge is 2.25. The first-order chi connectivity index (χ1) is 16.1. The van der Waals surface area contributed by atoms with Crippen LogP contribution in [0, 0.1) is 6.92 Å². The predicted octanol–water partition coefficient (Wildman–Crippen LogP) is 6.40. The molecule has 0 aliphatic heterocycles. The fraction of sp³-hybridized carbons (Fsp3) is 0.357. The number of H-pyrrole nitrogens is 1. The van der Waals surface area contributed by atoms with Crippen LogP contribution in [0.2, 0.25) is 0 Å². The summed E-state index contributed by atoms with van der Waals surface area (Å²) in [5.41, 5.74) is 5.78. The fourth-order valence-corrected chi connectivity index (χ4v) is 4.49. The van der Waals surface area contributed by atoms with Crippen molar-refractivity contribution in [1.29, 1.82) is 0 Å². The number of rotatable bonds is 8. The van der Waals surface area contributed by atoms with Crippen LogP contribution in [0.3, 0.4) is 0 Å². The van der Waals surface area contributed by atoms with Crippen LogP contribution in [-0.2, 0) is 17.8 Å². The van der Waals surface area contributed by atoms with Gasteiger partial charge in [0, 0.05) is 41.7 Å². The summed E-state index contributed by atoms with van der Waals surface area (Å²) in [6, 6.07) is 16.3. The number of benzene rings is 2. The summed E-state index contributed by atoms with van der Waals surface area (Å²) in [5.74, 6) is 1.06. The van der Waals surface area contributed by atoms with Gasteiger partial charge in [-0.25, -0.2) is 0 Å². The van der Waals surface area contributed by atoms with Crippen molar-refractivity contribution in [3.8, 4) is 5.75 Å². The second-order valence-electron chi connectivity index (χ2n) is 8.64. The molecule has 2 aromatic carbocycles. The van der Waals surface area contributed by atoms with Gasteiger partial charge in [0.15, 0.2) is 5.78 Å². The van der Waals surface area contributed by atoms with E-state index in [9.17, 15) is 9.90 Å². The number of aliphatic hydroxyl groups is 1. The van der Waals surface area contributed by atoms with E-state index in [0.29, 0.717) is 31.6 Å². The zero-order valence-corrected chi connectivity index (χ0v) is 19.5. The van der Waals surface area contributed by atoms with Crippen molar-refractivity contribution in [3.05, 3.63) is 76.7 Å². The lowest BCUT2D eigenvalue weighted by atomic mass is 9.89. The second-order valence-corrected chi connectivity index (χ2v) is 8.64. The number of allylic oxidation sites excluding steroid dienone is 2. The highest BCUT2D eigenvalue weighted by molar-refractivity contribution is 6.24. The lowest BCUT2D eigenvalue weighted by molar-refractivity contribution is -0.115. The Bertz CT molecular complexity index is 1190.